The van der Waals surface area contributed by atoms with E-state index >= 15 is 0 Å². The first-order chi connectivity index (χ1) is 23.1. The SMILES string of the molecule is CCC(C)[C@H](NC(=O)C1CCCN1C)C(=O)N(C)C(C[C@@H](O)c1nc(C(=O)NC2(C[C@H](C)C(=O)O)CC2c2ccc(F)cc2)cs1)C(C)C. The predicted octanol–water partition coefficient (Wildman–Crippen LogP) is 4.58. The summed E-state index contributed by atoms with van der Waals surface area (Å²) in [6, 6.07) is 4.65. The van der Waals surface area contributed by atoms with Crippen LogP contribution >= 0.6 is 11.3 Å². The van der Waals surface area contributed by atoms with E-state index in [9.17, 15) is 33.8 Å². The molecule has 5 unspecified atom stereocenters. The minimum absolute atomic E-state index is 0.0325. The van der Waals surface area contributed by atoms with Crippen LogP contribution in [0.1, 0.15) is 106 Å². The number of likely N-dealkylation sites (N-methyl/N-ethyl adjacent to an activating group) is 2. The molecule has 270 valence electrons. The maximum atomic E-state index is 13.9. The van der Waals surface area contributed by atoms with Gasteiger partial charge in [0.25, 0.3) is 5.91 Å². The number of halogens is 1. The molecule has 2 aromatic rings. The van der Waals surface area contributed by atoms with Crippen LogP contribution in [-0.4, -0.2) is 93.0 Å². The van der Waals surface area contributed by atoms with Gasteiger partial charge in [0, 0.05) is 36.3 Å². The first-order valence-corrected chi connectivity index (χ1v) is 18.2. The summed E-state index contributed by atoms with van der Waals surface area (Å²) >= 11 is 1.14. The number of hydrogen-bond donors (Lipinski definition) is 4. The van der Waals surface area contributed by atoms with Gasteiger partial charge in [-0.1, -0.05) is 53.2 Å². The molecule has 1 aliphatic carbocycles. The van der Waals surface area contributed by atoms with Crippen LogP contribution in [0.4, 0.5) is 4.39 Å². The average molecular weight is 702 g/mol. The number of likely N-dealkylation sites (tertiary alicyclic amines) is 1. The Balaban J connectivity index is 1.45. The van der Waals surface area contributed by atoms with Crippen molar-refractivity contribution in [3.8, 4) is 0 Å². The van der Waals surface area contributed by atoms with Gasteiger partial charge in [-0.05, 0) is 68.8 Å². The van der Waals surface area contributed by atoms with Crippen molar-refractivity contribution in [3.63, 3.8) is 0 Å². The standard InChI is InChI=1S/C36H52FN5O6S/c1-8-21(4)30(39-32(45)27-10-9-15-41(27)6)34(46)42(7)28(20(2)3)16-29(43)33-38-26(19-49-33)31(44)40-36(17-22(5)35(47)48)18-25(36)23-11-13-24(37)14-12-23/h11-14,19-22,25,27-30,43H,8-10,15-18H2,1-7H3,(H,39,45)(H,40,44)(H,47,48)/t21?,22-,25?,27?,28?,29+,30-,36?/m0/s1. The van der Waals surface area contributed by atoms with Crippen LogP contribution in [0.25, 0.3) is 0 Å². The van der Waals surface area contributed by atoms with E-state index in [4.69, 9.17) is 0 Å². The number of rotatable bonds is 16. The number of nitrogens with zero attached hydrogens (tertiary/aromatic N) is 3. The van der Waals surface area contributed by atoms with Crippen LogP contribution in [0.2, 0.25) is 0 Å². The molecule has 0 radical (unpaired) electrons. The van der Waals surface area contributed by atoms with Gasteiger partial charge >= 0.3 is 5.97 Å². The second-order valence-electron chi connectivity index (χ2n) is 14.5. The van der Waals surface area contributed by atoms with Crippen LogP contribution in [0.5, 0.6) is 0 Å². The van der Waals surface area contributed by atoms with Crippen molar-refractivity contribution in [3.05, 3.63) is 51.7 Å². The molecular formula is C36H52FN5O6S. The molecule has 11 nitrogen and oxygen atoms in total. The lowest BCUT2D eigenvalue weighted by molar-refractivity contribution is -0.141. The number of carbonyl (C=O) groups is 4. The third kappa shape index (κ3) is 9.04. The fourth-order valence-electron chi connectivity index (χ4n) is 7.08. The molecule has 1 aromatic carbocycles. The summed E-state index contributed by atoms with van der Waals surface area (Å²) in [5.74, 6) is -3.21. The lowest BCUT2D eigenvalue weighted by Gasteiger charge is -2.37. The van der Waals surface area contributed by atoms with E-state index < -0.39 is 35.5 Å². The van der Waals surface area contributed by atoms with E-state index in [1.54, 1.807) is 36.4 Å². The van der Waals surface area contributed by atoms with Crippen molar-refractivity contribution in [2.75, 3.05) is 20.6 Å². The Labute approximate surface area is 292 Å². The molecule has 3 amide bonds. The summed E-state index contributed by atoms with van der Waals surface area (Å²) in [5, 5.41) is 28.8. The summed E-state index contributed by atoms with van der Waals surface area (Å²) in [7, 11) is 3.62. The summed E-state index contributed by atoms with van der Waals surface area (Å²) in [6.07, 6.45) is 2.21. The minimum Gasteiger partial charge on any atom is -0.481 e. The van der Waals surface area contributed by atoms with E-state index in [1.165, 1.54) is 12.1 Å². The molecule has 0 spiro atoms. The van der Waals surface area contributed by atoms with Crippen LogP contribution in [0, 0.1) is 23.6 Å². The number of aliphatic hydroxyl groups excluding tert-OH is 1. The van der Waals surface area contributed by atoms with Crippen molar-refractivity contribution < 1.29 is 33.8 Å². The predicted molar refractivity (Wildman–Crippen MR) is 185 cm³/mol. The fourth-order valence-corrected chi connectivity index (χ4v) is 7.88. The molecule has 2 heterocycles. The van der Waals surface area contributed by atoms with Crippen molar-refractivity contribution in [2.24, 2.45) is 17.8 Å². The molecule has 1 saturated heterocycles. The Kier molecular flexibility index (Phi) is 12.6. The Morgan fingerprint density at radius 1 is 1.16 bits per heavy atom. The lowest BCUT2D eigenvalue weighted by atomic mass is 9.93. The molecule has 13 heteroatoms. The molecule has 1 saturated carbocycles. The quantitative estimate of drug-likeness (QED) is 0.199. The molecule has 2 fully saturated rings. The first kappa shape index (κ1) is 38.4. The zero-order valence-electron chi connectivity index (χ0n) is 29.6. The number of aliphatic hydroxyl groups is 1. The third-order valence-corrected chi connectivity index (χ3v) is 11.5. The summed E-state index contributed by atoms with van der Waals surface area (Å²) in [4.78, 5) is 60.4. The Hall–Kier alpha value is -3.42. The fraction of sp³-hybridized carbons (Fsp3) is 0.639. The highest BCUT2D eigenvalue weighted by atomic mass is 32.1. The number of nitrogens with one attached hydrogen (secondary N) is 2. The number of thiazole rings is 1. The van der Waals surface area contributed by atoms with Crippen molar-refractivity contribution in [1.29, 1.82) is 0 Å². The van der Waals surface area contributed by atoms with Gasteiger partial charge in [-0.15, -0.1) is 11.3 Å². The number of benzene rings is 1. The zero-order chi connectivity index (χ0) is 36.2. The molecule has 1 aliphatic heterocycles. The normalized spacial score (nSPS) is 23.7. The topological polar surface area (TPSA) is 152 Å². The van der Waals surface area contributed by atoms with Gasteiger partial charge in [0.2, 0.25) is 11.8 Å². The van der Waals surface area contributed by atoms with Crippen LogP contribution in [-0.2, 0) is 14.4 Å². The highest BCUT2D eigenvalue weighted by molar-refractivity contribution is 7.09. The number of carboxylic acids is 1. The molecule has 49 heavy (non-hydrogen) atoms. The molecule has 1 aromatic heterocycles. The van der Waals surface area contributed by atoms with E-state index in [-0.39, 0.29) is 66.0 Å². The van der Waals surface area contributed by atoms with Gasteiger partial charge < -0.3 is 25.7 Å². The maximum Gasteiger partial charge on any atom is 0.306 e. The number of amides is 3. The van der Waals surface area contributed by atoms with Gasteiger partial charge in [-0.25, -0.2) is 9.37 Å². The van der Waals surface area contributed by atoms with Gasteiger partial charge in [-0.3, -0.25) is 24.1 Å². The smallest absolute Gasteiger partial charge is 0.306 e. The maximum absolute atomic E-state index is 13.9. The van der Waals surface area contributed by atoms with Gasteiger partial charge in [0.15, 0.2) is 0 Å². The molecular weight excluding hydrogens is 649 g/mol. The zero-order valence-corrected chi connectivity index (χ0v) is 30.4. The first-order valence-electron chi connectivity index (χ1n) is 17.3. The summed E-state index contributed by atoms with van der Waals surface area (Å²) < 4.78 is 13.6. The van der Waals surface area contributed by atoms with Gasteiger partial charge in [0.1, 0.15) is 28.7 Å². The highest BCUT2D eigenvalue weighted by Gasteiger charge is 2.57. The highest BCUT2D eigenvalue weighted by Crippen LogP contribution is 2.55. The number of aliphatic carboxylic acids is 1. The number of aromatic nitrogens is 1. The van der Waals surface area contributed by atoms with Crippen LogP contribution in [0.3, 0.4) is 0 Å². The molecule has 2 aliphatic rings. The third-order valence-electron chi connectivity index (χ3n) is 10.5. The van der Waals surface area contributed by atoms with Gasteiger partial charge in [0.05, 0.1) is 12.0 Å². The largest absolute Gasteiger partial charge is 0.481 e. The second-order valence-corrected chi connectivity index (χ2v) is 15.3. The van der Waals surface area contributed by atoms with Gasteiger partial charge in [-0.2, -0.15) is 0 Å². The monoisotopic (exact) mass is 701 g/mol. The molecule has 8 atom stereocenters. The second kappa shape index (κ2) is 16.1. The van der Waals surface area contributed by atoms with Crippen LogP contribution < -0.4 is 10.6 Å². The van der Waals surface area contributed by atoms with Crippen LogP contribution in [0.15, 0.2) is 29.6 Å². The molecule has 4 rings (SSSR count). The lowest BCUT2D eigenvalue weighted by Crippen LogP contribution is -2.56. The van der Waals surface area contributed by atoms with E-state index in [1.807, 2.05) is 39.6 Å². The Morgan fingerprint density at radius 3 is 2.41 bits per heavy atom. The summed E-state index contributed by atoms with van der Waals surface area (Å²) in [5.41, 5.74) is 0.0941. The average Bonchev–Trinajstić information content (AvgIpc) is 3.36. The van der Waals surface area contributed by atoms with E-state index in [0.29, 0.717) is 17.8 Å². The molecule has 0 bridgehead atoms. The van der Waals surface area contributed by atoms with Crippen molar-refractivity contribution in [2.45, 2.75) is 109 Å². The number of carboxylic acid groups (broad SMARTS) is 1. The minimum atomic E-state index is -1.06. The van der Waals surface area contributed by atoms with Crippen molar-refractivity contribution in [1.82, 2.24) is 25.4 Å². The van der Waals surface area contributed by atoms with Crippen molar-refractivity contribution >= 4 is 35.0 Å². The number of carbonyl (C=O) groups excluding carboxylic acids is 3. The number of hydrogen-bond acceptors (Lipinski definition) is 8. The van der Waals surface area contributed by atoms with E-state index in [2.05, 4.69) is 15.6 Å². The Morgan fingerprint density at radius 2 is 1.84 bits per heavy atom. The van der Waals surface area contributed by atoms with E-state index in [0.717, 1.165) is 36.3 Å². The summed E-state index contributed by atoms with van der Waals surface area (Å²) in [6.45, 7) is 10.3. The Bertz CT molecular complexity index is 1490. The molecule has 4 N–H and O–H groups in total.